The molecule has 1 aliphatic carbocycles. The zero-order valence-corrected chi connectivity index (χ0v) is 23.4. The second-order valence-corrected chi connectivity index (χ2v) is 11.1. The summed E-state index contributed by atoms with van der Waals surface area (Å²) in [5, 5.41) is 4.52. The fourth-order valence-electron chi connectivity index (χ4n) is 5.99. The Morgan fingerprint density at radius 1 is 0.800 bits per heavy atom. The van der Waals surface area contributed by atoms with Crippen LogP contribution in [0.15, 0.2) is 91.1 Å². The summed E-state index contributed by atoms with van der Waals surface area (Å²) in [6, 6.07) is 28.4. The van der Waals surface area contributed by atoms with E-state index in [1.54, 1.807) is 0 Å². The minimum Gasteiger partial charge on any atom is -0.361 e. The van der Waals surface area contributed by atoms with Gasteiger partial charge in [0.1, 0.15) is 6.04 Å². The molecule has 3 aromatic carbocycles. The topological polar surface area (TPSA) is 65.2 Å². The molecule has 208 valence electrons. The molecule has 1 aromatic heterocycles. The predicted octanol–water partition coefficient (Wildman–Crippen LogP) is 6.62. The lowest BCUT2D eigenvalue weighted by Crippen LogP contribution is -2.53. The quantitative estimate of drug-likeness (QED) is 0.214. The van der Waals surface area contributed by atoms with Crippen LogP contribution < -0.4 is 5.32 Å². The maximum Gasteiger partial charge on any atom is 0.243 e. The van der Waals surface area contributed by atoms with Crippen molar-refractivity contribution in [2.45, 2.75) is 76.3 Å². The van der Waals surface area contributed by atoms with Gasteiger partial charge >= 0.3 is 0 Å². The molecule has 5 heteroatoms. The number of carbonyl (C=O) groups excluding carboxylic acids is 2. The Labute approximate surface area is 238 Å². The highest BCUT2D eigenvalue weighted by Crippen LogP contribution is 2.22. The highest BCUT2D eigenvalue weighted by Gasteiger charge is 2.31. The number of para-hydroxylation sites is 1. The van der Waals surface area contributed by atoms with E-state index in [0.29, 0.717) is 32.2 Å². The molecule has 1 aliphatic rings. The third kappa shape index (κ3) is 7.41. The van der Waals surface area contributed by atoms with Crippen LogP contribution in [0.5, 0.6) is 0 Å². The SMILES string of the molecule is O=C(NC1CCCCC1)C(CCc1ccccc1)N(CCc1c[nH]c2ccccc12)C(=O)CCc1ccccc1. The molecular weight excluding hydrogens is 494 g/mol. The van der Waals surface area contributed by atoms with Crippen molar-refractivity contribution in [2.75, 3.05) is 6.54 Å². The number of aromatic nitrogens is 1. The van der Waals surface area contributed by atoms with Crippen molar-refractivity contribution in [2.24, 2.45) is 0 Å². The number of benzene rings is 3. The van der Waals surface area contributed by atoms with Crippen LogP contribution in [-0.2, 0) is 28.9 Å². The third-order valence-corrected chi connectivity index (χ3v) is 8.27. The lowest BCUT2D eigenvalue weighted by molar-refractivity contribution is -0.141. The average Bonchev–Trinajstić information content (AvgIpc) is 3.42. The van der Waals surface area contributed by atoms with Crippen LogP contribution in [0, 0.1) is 0 Å². The van der Waals surface area contributed by atoms with Crippen molar-refractivity contribution in [1.82, 2.24) is 15.2 Å². The second-order valence-electron chi connectivity index (χ2n) is 11.1. The van der Waals surface area contributed by atoms with Crippen LogP contribution in [0.4, 0.5) is 0 Å². The molecule has 4 aromatic rings. The van der Waals surface area contributed by atoms with Crippen molar-refractivity contribution in [1.29, 1.82) is 0 Å². The molecule has 0 saturated heterocycles. The van der Waals surface area contributed by atoms with Crippen LogP contribution in [0.3, 0.4) is 0 Å². The molecule has 0 bridgehead atoms. The largest absolute Gasteiger partial charge is 0.361 e. The zero-order valence-electron chi connectivity index (χ0n) is 23.4. The van der Waals surface area contributed by atoms with Gasteiger partial charge in [-0.25, -0.2) is 0 Å². The molecule has 0 aliphatic heterocycles. The van der Waals surface area contributed by atoms with Gasteiger partial charge in [-0.2, -0.15) is 0 Å². The highest BCUT2D eigenvalue weighted by molar-refractivity contribution is 5.88. The van der Waals surface area contributed by atoms with Crippen molar-refractivity contribution in [3.05, 3.63) is 108 Å². The van der Waals surface area contributed by atoms with Crippen LogP contribution in [0.25, 0.3) is 10.9 Å². The standard InChI is InChI=1S/C35H41N3O2/c39-34(23-21-28-14-6-2-7-15-28)38(25-24-29-26-36-32-19-11-10-18-31(29)32)33(22-20-27-12-4-1-5-13-27)35(40)37-30-16-8-3-9-17-30/h1-2,4-7,10-15,18-19,26,30,33,36H,3,8-9,16-17,20-25H2,(H,37,40). The Balaban J connectivity index is 1.38. The van der Waals surface area contributed by atoms with Gasteiger partial charge in [0.25, 0.3) is 0 Å². The first kappa shape index (κ1) is 27.7. The Morgan fingerprint density at radius 3 is 2.17 bits per heavy atom. The molecule has 2 amide bonds. The minimum atomic E-state index is -0.504. The van der Waals surface area contributed by atoms with E-state index in [4.69, 9.17) is 0 Å². The number of fused-ring (bicyclic) bond motifs is 1. The maximum absolute atomic E-state index is 13.9. The van der Waals surface area contributed by atoms with Gasteiger partial charge in [-0.3, -0.25) is 9.59 Å². The number of nitrogens with zero attached hydrogens (tertiary/aromatic N) is 1. The first-order valence-corrected chi connectivity index (χ1v) is 14.9. The summed E-state index contributed by atoms with van der Waals surface area (Å²) < 4.78 is 0. The number of hydrogen-bond acceptors (Lipinski definition) is 2. The number of hydrogen-bond donors (Lipinski definition) is 2. The zero-order chi connectivity index (χ0) is 27.6. The molecule has 1 fully saturated rings. The van der Waals surface area contributed by atoms with Crippen LogP contribution in [-0.4, -0.2) is 40.3 Å². The van der Waals surface area contributed by atoms with E-state index in [1.807, 2.05) is 59.6 Å². The molecule has 2 N–H and O–H groups in total. The molecule has 40 heavy (non-hydrogen) atoms. The first-order chi connectivity index (χ1) is 19.7. The Hall–Kier alpha value is -3.86. The fraction of sp³-hybridized carbons (Fsp3) is 0.371. The molecule has 0 radical (unpaired) electrons. The van der Waals surface area contributed by atoms with Gasteiger partial charge in [0.15, 0.2) is 0 Å². The van der Waals surface area contributed by atoms with Gasteiger partial charge in [-0.05, 0) is 61.3 Å². The van der Waals surface area contributed by atoms with Gasteiger partial charge < -0.3 is 15.2 Å². The normalized spacial score (nSPS) is 14.6. The van der Waals surface area contributed by atoms with Crippen LogP contribution in [0.1, 0.15) is 61.6 Å². The molecule has 1 heterocycles. The van der Waals surface area contributed by atoms with E-state index in [2.05, 4.69) is 46.7 Å². The highest BCUT2D eigenvalue weighted by atomic mass is 16.2. The van der Waals surface area contributed by atoms with E-state index >= 15 is 0 Å². The second kappa shape index (κ2) is 14.0. The lowest BCUT2D eigenvalue weighted by Gasteiger charge is -2.33. The number of amides is 2. The summed E-state index contributed by atoms with van der Waals surface area (Å²) in [5.74, 6) is 0.0374. The first-order valence-electron chi connectivity index (χ1n) is 14.9. The van der Waals surface area contributed by atoms with Crippen molar-refractivity contribution in [3.8, 4) is 0 Å². The van der Waals surface area contributed by atoms with E-state index in [0.717, 1.165) is 43.2 Å². The molecular formula is C35H41N3O2. The molecule has 5 rings (SSSR count). The Kier molecular flexibility index (Phi) is 9.68. The van der Waals surface area contributed by atoms with Gasteiger partial charge in [0.2, 0.25) is 11.8 Å². The molecule has 0 spiro atoms. The fourth-order valence-corrected chi connectivity index (χ4v) is 5.99. The van der Waals surface area contributed by atoms with Gasteiger partial charge in [-0.1, -0.05) is 98.1 Å². The summed E-state index contributed by atoms with van der Waals surface area (Å²) in [6.07, 6.45) is 10.7. The number of carbonyl (C=O) groups is 2. The van der Waals surface area contributed by atoms with E-state index in [-0.39, 0.29) is 17.9 Å². The third-order valence-electron chi connectivity index (χ3n) is 8.27. The van der Waals surface area contributed by atoms with Gasteiger partial charge in [0, 0.05) is 36.1 Å². The number of H-pyrrole nitrogens is 1. The monoisotopic (exact) mass is 535 g/mol. The summed E-state index contributed by atoms with van der Waals surface area (Å²) in [4.78, 5) is 33.1. The van der Waals surface area contributed by atoms with Crippen molar-refractivity contribution in [3.63, 3.8) is 0 Å². The molecule has 1 unspecified atom stereocenters. The smallest absolute Gasteiger partial charge is 0.243 e. The predicted molar refractivity (Wildman–Crippen MR) is 162 cm³/mol. The molecule has 5 nitrogen and oxygen atoms in total. The maximum atomic E-state index is 13.9. The van der Waals surface area contributed by atoms with Gasteiger partial charge in [-0.15, -0.1) is 0 Å². The van der Waals surface area contributed by atoms with Crippen molar-refractivity contribution < 1.29 is 9.59 Å². The number of nitrogens with one attached hydrogen (secondary N) is 2. The summed E-state index contributed by atoms with van der Waals surface area (Å²) in [6.45, 7) is 0.507. The van der Waals surface area contributed by atoms with E-state index in [1.165, 1.54) is 22.9 Å². The Bertz CT molecular complexity index is 1360. The van der Waals surface area contributed by atoms with Crippen molar-refractivity contribution >= 4 is 22.7 Å². The van der Waals surface area contributed by atoms with E-state index in [9.17, 15) is 9.59 Å². The molecule has 1 atom stereocenters. The summed E-state index contributed by atoms with van der Waals surface area (Å²) in [7, 11) is 0. The lowest BCUT2D eigenvalue weighted by atomic mass is 9.94. The number of aromatic amines is 1. The van der Waals surface area contributed by atoms with Crippen LogP contribution >= 0.6 is 0 Å². The van der Waals surface area contributed by atoms with Gasteiger partial charge in [0.05, 0.1) is 0 Å². The van der Waals surface area contributed by atoms with E-state index < -0.39 is 6.04 Å². The average molecular weight is 536 g/mol. The number of aryl methyl sites for hydroxylation is 2. The molecule has 1 saturated carbocycles. The summed E-state index contributed by atoms with van der Waals surface area (Å²) in [5.41, 5.74) is 4.59. The number of rotatable bonds is 12. The van der Waals surface area contributed by atoms with Crippen LogP contribution in [0.2, 0.25) is 0 Å². The minimum absolute atomic E-state index is 0.00480. The Morgan fingerprint density at radius 2 is 1.45 bits per heavy atom. The summed E-state index contributed by atoms with van der Waals surface area (Å²) >= 11 is 0.